The van der Waals surface area contributed by atoms with Gasteiger partial charge in [0.15, 0.2) is 0 Å². The fourth-order valence-corrected chi connectivity index (χ4v) is 3.79. The third-order valence-corrected chi connectivity index (χ3v) is 5.69. The maximum absolute atomic E-state index is 12.8. The smallest absolute Gasteiger partial charge is 0.327 e. The molecule has 0 saturated heterocycles. The van der Waals surface area contributed by atoms with Gasteiger partial charge < -0.3 is 14.6 Å². The van der Waals surface area contributed by atoms with Crippen molar-refractivity contribution < 1.29 is 14.7 Å². The molecule has 0 spiro atoms. The summed E-state index contributed by atoms with van der Waals surface area (Å²) >= 11 is 0. The molecule has 3 amide bonds. The van der Waals surface area contributed by atoms with Crippen LogP contribution < -0.4 is 15.5 Å². The highest BCUT2D eigenvalue weighted by Crippen LogP contribution is 2.27. The SMILES string of the molecule is CCC(CC)C(=O)N(C)c1ccc2c(c1)nc(NC(=O)Nc1ccc(C#N)cn1)n2CC(C)(C)O. The molecule has 0 aliphatic heterocycles. The lowest BCUT2D eigenvalue weighted by molar-refractivity contribution is -0.122. The molecule has 2 heterocycles. The summed E-state index contributed by atoms with van der Waals surface area (Å²) in [6, 6.07) is 9.92. The van der Waals surface area contributed by atoms with Crippen LogP contribution in [-0.4, -0.2) is 44.2 Å². The van der Waals surface area contributed by atoms with Crippen LogP contribution in [0, 0.1) is 17.2 Å². The molecule has 3 aromatic rings. The molecule has 0 atom stereocenters. The Morgan fingerprint density at radius 1 is 1.20 bits per heavy atom. The van der Waals surface area contributed by atoms with Crippen molar-refractivity contribution in [1.82, 2.24) is 14.5 Å². The van der Waals surface area contributed by atoms with Crippen LogP contribution >= 0.6 is 0 Å². The zero-order valence-corrected chi connectivity index (χ0v) is 20.7. The van der Waals surface area contributed by atoms with Crippen molar-refractivity contribution in [2.75, 3.05) is 22.6 Å². The summed E-state index contributed by atoms with van der Waals surface area (Å²) in [6.45, 7) is 7.51. The molecule has 10 nitrogen and oxygen atoms in total. The fraction of sp³-hybridized carbons (Fsp3) is 0.400. The Morgan fingerprint density at radius 2 is 1.91 bits per heavy atom. The van der Waals surface area contributed by atoms with Crippen LogP contribution in [0.4, 0.5) is 22.2 Å². The molecule has 0 bridgehead atoms. The van der Waals surface area contributed by atoms with Gasteiger partial charge >= 0.3 is 6.03 Å². The van der Waals surface area contributed by atoms with Gasteiger partial charge in [-0.25, -0.2) is 14.8 Å². The van der Waals surface area contributed by atoms with Crippen LogP contribution in [0.1, 0.15) is 46.1 Å². The second-order valence-electron chi connectivity index (χ2n) is 9.04. The van der Waals surface area contributed by atoms with E-state index >= 15 is 0 Å². The third-order valence-electron chi connectivity index (χ3n) is 5.69. The number of urea groups is 1. The van der Waals surface area contributed by atoms with Gasteiger partial charge in [0.25, 0.3) is 0 Å². The van der Waals surface area contributed by atoms with E-state index in [2.05, 4.69) is 20.6 Å². The van der Waals surface area contributed by atoms with Crippen molar-refractivity contribution in [3.05, 3.63) is 42.1 Å². The summed E-state index contributed by atoms with van der Waals surface area (Å²) < 4.78 is 1.72. The normalized spacial score (nSPS) is 11.4. The fourth-order valence-electron chi connectivity index (χ4n) is 3.79. The number of nitriles is 1. The second-order valence-corrected chi connectivity index (χ2v) is 9.04. The van der Waals surface area contributed by atoms with Gasteiger partial charge in [0, 0.05) is 24.8 Å². The molecule has 0 radical (unpaired) electrons. The van der Waals surface area contributed by atoms with E-state index in [0.29, 0.717) is 22.3 Å². The maximum atomic E-state index is 12.8. The van der Waals surface area contributed by atoms with Gasteiger partial charge in [-0.2, -0.15) is 5.26 Å². The number of rotatable bonds is 8. The minimum atomic E-state index is -1.07. The lowest BCUT2D eigenvalue weighted by atomic mass is 10.0. The topological polar surface area (TPSA) is 136 Å². The van der Waals surface area contributed by atoms with Gasteiger partial charge in [0.1, 0.15) is 11.9 Å². The molecule has 35 heavy (non-hydrogen) atoms. The summed E-state index contributed by atoms with van der Waals surface area (Å²) in [5.74, 6) is 0.494. The number of anilines is 3. The number of aliphatic hydroxyl groups is 1. The van der Waals surface area contributed by atoms with Crippen molar-refractivity contribution >= 4 is 40.4 Å². The predicted molar refractivity (Wildman–Crippen MR) is 135 cm³/mol. The monoisotopic (exact) mass is 477 g/mol. The molecule has 0 fully saturated rings. The van der Waals surface area contributed by atoms with Gasteiger partial charge in [-0.3, -0.25) is 15.4 Å². The van der Waals surface area contributed by atoms with E-state index in [1.165, 1.54) is 12.3 Å². The Bertz CT molecular complexity index is 1250. The number of hydrogen-bond acceptors (Lipinski definition) is 6. The van der Waals surface area contributed by atoms with Gasteiger partial charge in [-0.1, -0.05) is 13.8 Å². The molecule has 184 valence electrons. The van der Waals surface area contributed by atoms with Crippen LogP contribution in [0.25, 0.3) is 11.0 Å². The highest BCUT2D eigenvalue weighted by Gasteiger charge is 2.23. The first-order valence-corrected chi connectivity index (χ1v) is 11.5. The van der Waals surface area contributed by atoms with Crippen molar-refractivity contribution in [3.63, 3.8) is 0 Å². The quantitative estimate of drug-likeness (QED) is 0.446. The highest BCUT2D eigenvalue weighted by molar-refractivity contribution is 6.00. The molecule has 0 unspecified atom stereocenters. The minimum Gasteiger partial charge on any atom is -0.389 e. The van der Waals surface area contributed by atoms with Crippen LogP contribution in [0.5, 0.6) is 0 Å². The number of carbonyl (C=O) groups is 2. The molecule has 3 rings (SSSR count). The lowest BCUT2D eigenvalue weighted by Gasteiger charge is -2.22. The summed E-state index contributed by atoms with van der Waals surface area (Å²) in [6.07, 6.45) is 2.89. The van der Waals surface area contributed by atoms with Crippen molar-refractivity contribution in [2.45, 2.75) is 52.7 Å². The number of imidazole rings is 1. The van der Waals surface area contributed by atoms with E-state index in [0.717, 1.165) is 12.8 Å². The van der Waals surface area contributed by atoms with Crippen LogP contribution in [0.2, 0.25) is 0 Å². The molecule has 2 aromatic heterocycles. The lowest BCUT2D eigenvalue weighted by Crippen LogP contribution is -2.32. The molecule has 1 aromatic carbocycles. The first-order valence-electron chi connectivity index (χ1n) is 11.5. The summed E-state index contributed by atoms with van der Waals surface area (Å²) in [5, 5.41) is 24.7. The van der Waals surface area contributed by atoms with Gasteiger partial charge in [-0.15, -0.1) is 0 Å². The first-order chi connectivity index (χ1) is 16.6. The third kappa shape index (κ3) is 6.13. The number of pyridine rings is 1. The average Bonchev–Trinajstić information content (AvgIpc) is 3.14. The van der Waals surface area contributed by atoms with Crippen LogP contribution in [0.3, 0.4) is 0 Å². The summed E-state index contributed by atoms with van der Waals surface area (Å²) in [5.41, 5.74) is 1.27. The average molecular weight is 478 g/mol. The molecule has 3 N–H and O–H groups in total. The predicted octanol–water partition coefficient (Wildman–Crippen LogP) is 4.12. The van der Waals surface area contributed by atoms with Gasteiger partial charge in [0.2, 0.25) is 11.9 Å². The van der Waals surface area contributed by atoms with E-state index in [1.54, 1.807) is 42.5 Å². The maximum Gasteiger partial charge on any atom is 0.327 e. The zero-order chi connectivity index (χ0) is 25.8. The largest absolute Gasteiger partial charge is 0.389 e. The van der Waals surface area contributed by atoms with Gasteiger partial charge in [0.05, 0.1) is 28.7 Å². The standard InChI is InChI=1S/C25H31N7O3/c1-6-17(7-2)22(33)31(5)18-9-10-20-19(12-18)28-23(32(20)15-25(3,4)35)30-24(34)29-21-11-8-16(13-26)14-27-21/h8-12,14,17,35H,6-7,15H2,1-5H3,(H2,27,28,29,30,34). The Labute approximate surface area is 204 Å². The molecular weight excluding hydrogens is 446 g/mol. The molecular formula is C25H31N7O3. The van der Waals surface area contributed by atoms with Gasteiger partial charge in [-0.05, 0) is 57.0 Å². The highest BCUT2D eigenvalue weighted by atomic mass is 16.3. The number of carbonyl (C=O) groups excluding carboxylic acids is 2. The molecule has 0 saturated carbocycles. The number of benzene rings is 1. The van der Waals surface area contributed by atoms with Crippen LogP contribution in [0.15, 0.2) is 36.5 Å². The summed E-state index contributed by atoms with van der Waals surface area (Å²) in [4.78, 5) is 35.7. The molecule has 0 aliphatic rings. The number of aromatic nitrogens is 3. The zero-order valence-electron chi connectivity index (χ0n) is 20.7. The number of fused-ring (bicyclic) bond motifs is 1. The number of nitrogens with zero attached hydrogens (tertiary/aromatic N) is 5. The Balaban J connectivity index is 1.92. The van der Waals surface area contributed by atoms with E-state index < -0.39 is 11.6 Å². The van der Waals surface area contributed by atoms with Crippen LogP contribution in [-0.2, 0) is 11.3 Å². The first kappa shape index (κ1) is 25.6. The Kier molecular flexibility index (Phi) is 7.71. The number of hydrogen-bond donors (Lipinski definition) is 3. The molecule has 10 heteroatoms. The van der Waals surface area contributed by atoms with Crippen molar-refractivity contribution in [2.24, 2.45) is 5.92 Å². The summed E-state index contributed by atoms with van der Waals surface area (Å²) in [7, 11) is 1.74. The van der Waals surface area contributed by atoms with Crippen molar-refractivity contribution in [1.29, 1.82) is 5.26 Å². The number of amides is 3. The van der Waals surface area contributed by atoms with E-state index in [4.69, 9.17) is 5.26 Å². The van der Waals surface area contributed by atoms with E-state index in [-0.39, 0.29) is 30.1 Å². The number of nitrogens with one attached hydrogen (secondary N) is 2. The van der Waals surface area contributed by atoms with E-state index in [9.17, 15) is 14.7 Å². The van der Waals surface area contributed by atoms with E-state index in [1.807, 2.05) is 32.0 Å². The van der Waals surface area contributed by atoms with Crippen molar-refractivity contribution in [3.8, 4) is 6.07 Å². The Morgan fingerprint density at radius 3 is 2.49 bits per heavy atom. The molecule has 0 aliphatic carbocycles. The second kappa shape index (κ2) is 10.5. The Hall–Kier alpha value is -3.97. The minimum absolute atomic E-state index is 0.0397.